The number of pyridine rings is 1. The van der Waals surface area contributed by atoms with Crippen LogP contribution in [0.2, 0.25) is 5.02 Å². The van der Waals surface area contributed by atoms with Crippen LogP contribution >= 0.6 is 22.9 Å². The number of halogens is 1. The summed E-state index contributed by atoms with van der Waals surface area (Å²) in [5.41, 5.74) is 0.810. The van der Waals surface area contributed by atoms with Crippen LogP contribution in [0.3, 0.4) is 0 Å². The molecule has 0 spiro atoms. The third-order valence-corrected chi connectivity index (χ3v) is 4.72. The zero-order chi connectivity index (χ0) is 19.2. The summed E-state index contributed by atoms with van der Waals surface area (Å²) in [6.07, 6.45) is 2.14. The van der Waals surface area contributed by atoms with Gasteiger partial charge in [0.2, 0.25) is 5.88 Å². The van der Waals surface area contributed by atoms with Gasteiger partial charge in [0.1, 0.15) is 11.1 Å². The third-order valence-electron chi connectivity index (χ3n) is 3.64. The number of anilines is 1. The molecule has 1 aliphatic heterocycles. The standard InChI is InChI=1S/C17H18ClN3O5S/c1-2-25-14(22)6-11-9-27-17(20-11)21-15(23)10-5-13(18)16(19-7-10)26-12-3-4-24-8-12/h5,7,9,12H,2-4,6,8H2,1H3,(H,20,21,23). The quantitative estimate of drug-likeness (QED) is 0.699. The second-order valence-electron chi connectivity index (χ2n) is 5.69. The first kappa shape index (κ1) is 19.5. The lowest BCUT2D eigenvalue weighted by Gasteiger charge is -2.12. The summed E-state index contributed by atoms with van der Waals surface area (Å²) >= 11 is 7.39. The van der Waals surface area contributed by atoms with Gasteiger partial charge >= 0.3 is 5.97 Å². The average Bonchev–Trinajstić information content (AvgIpc) is 3.29. The van der Waals surface area contributed by atoms with Gasteiger partial charge in [-0.3, -0.25) is 14.9 Å². The highest BCUT2D eigenvalue weighted by atomic mass is 35.5. The molecular formula is C17H18ClN3O5S. The van der Waals surface area contributed by atoms with Crippen LogP contribution < -0.4 is 10.1 Å². The fourth-order valence-electron chi connectivity index (χ4n) is 2.37. The Morgan fingerprint density at radius 2 is 2.33 bits per heavy atom. The van der Waals surface area contributed by atoms with Crippen molar-refractivity contribution < 1.29 is 23.8 Å². The number of carbonyl (C=O) groups is 2. The Morgan fingerprint density at radius 1 is 1.48 bits per heavy atom. The van der Waals surface area contributed by atoms with E-state index in [9.17, 15) is 9.59 Å². The molecule has 1 fully saturated rings. The average molecular weight is 412 g/mol. The molecule has 144 valence electrons. The van der Waals surface area contributed by atoms with Gasteiger partial charge in [0.15, 0.2) is 5.13 Å². The van der Waals surface area contributed by atoms with Crippen LogP contribution in [0.25, 0.3) is 0 Å². The molecule has 1 saturated heterocycles. The molecule has 3 rings (SSSR count). The van der Waals surface area contributed by atoms with Crippen LogP contribution in [0.5, 0.6) is 5.88 Å². The molecule has 0 radical (unpaired) electrons. The number of esters is 1. The highest BCUT2D eigenvalue weighted by Crippen LogP contribution is 2.26. The van der Waals surface area contributed by atoms with Gasteiger partial charge in [-0.15, -0.1) is 11.3 Å². The van der Waals surface area contributed by atoms with E-state index in [1.54, 1.807) is 12.3 Å². The second-order valence-corrected chi connectivity index (χ2v) is 6.96. The molecule has 10 heteroatoms. The minimum Gasteiger partial charge on any atom is -0.471 e. The number of hydrogen-bond donors (Lipinski definition) is 1. The first-order valence-electron chi connectivity index (χ1n) is 8.36. The second kappa shape index (κ2) is 9.12. The Balaban J connectivity index is 1.60. The van der Waals surface area contributed by atoms with Crippen LogP contribution in [0.15, 0.2) is 17.6 Å². The van der Waals surface area contributed by atoms with Gasteiger partial charge in [-0.05, 0) is 13.0 Å². The molecule has 0 aliphatic carbocycles. The molecule has 2 aromatic heterocycles. The Kier molecular flexibility index (Phi) is 6.59. The lowest BCUT2D eigenvalue weighted by Crippen LogP contribution is -2.17. The van der Waals surface area contributed by atoms with Crippen molar-refractivity contribution in [3.63, 3.8) is 0 Å². The molecule has 1 amide bonds. The van der Waals surface area contributed by atoms with Crippen molar-refractivity contribution in [3.8, 4) is 5.88 Å². The summed E-state index contributed by atoms with van der Waals surface area (Å²) in [6, 6.07) is 1.49. The summed E-state index contributed by atoms with van der Waals surface area (Å²) in [4.78, 5) is 32.2. The molecule has 3 heterocycles. The maximum absolute atomic E-state index is 12.4. The molecule has 1 atom stereocenters. The summed E-state index contributed by atoms with van der Waals surface area (Å²) in [5, 5.41) is 4.97. The zero-order valence-electron chi connectivity index (χ0n) is 14.6. The number of rotatable bonds is 7. The van der Waals surface area contributed by atoms with E-state index in [1.807, 2.05) is 0 Å². The minimum absolute atomic E-state index is 0.0600. The SMILES string of the molecule is CCOC(=O)Cc1csc(NC(=O)c2cnc(OC3CCOC3)c(Cl)c2)n1. The maximum atomic E-state index is 12.4. The van der Waals surface area contributed by atoms with Crippen LogP contribution in [0.4, 0.5) is 5.13 Å². The summed E-state index contributed by atoms with van der Waals surface area (Å²) < 4.78 is 15.8. The molecule has 27 heavy (non-hydrogen) atoms. The first-order valence-corrected chi connectivity index (χ1v) is 9.62. The number of aromatic nitrogens is 2. The predicted octanol–water partition coefficient (Wildman–Crippen LogP) is 2.72. The molecule has 0 saturated carbocycles. The highest BCUT2D eigenvalue weighted by molar-refractivity contribution is 7.14. The third kappa shape index (κ3) is 5.38. The number of nitrogens with zero attached hydrogens (tertiary/aromatic N) is 2. The smallest absolute Gasteiger partial charge is 0.311 e. The van der Waals surface area contributed by atoms with E-state index >= 15 is 0 Å². The lowest BCUT2D eigenvalue weighted by molar-refractivity contribution is -0.142. The summed E-state index contributed by atoms with van der Waals surface area (Å²) in [5.74, 6) is -0.494. The van der Waals surface area contributed by atoms with E-state index in [1.165, 1.54) is 23.6 Å². The van der Waals surface area contributed by atoms with E-state index < -0.39 is 5.91 Å². The molecule has 2 aromatic rings. The van der Waals surface area contributed by atoms with Gasteiger partial charge in [0.25, 0.3) is 5.91 Å². The van der Waals surface area contributed by atoms with Gasteiger partial charge < -0.3 is 14.2 Å². The maximum Gasteiger partial charge on any atom is 0.311 e. The monoisotopic (exact) mass is 411 g/mol. The normalized spacial score (nSPS) is 16.1. The van der Waals surface area contributed by atoms with Crippen molar-refractivity contribution >= 4 is 39.9 Å². The van der Waals surface area contributed by atoms with E-state index in [2.05, 4.69) is 15.3 Å². The van der Waals surface area contributed by atoms with Crippen molar-refractivity contribution in [2.45, 2.75) is 25.9 Å². The van der Waals surface area contributed by atoms with E-state index in [-0.39, 0.29) is 35.0 Å². The molecule has 1 N–H and O–H groups in total. The Bertz CT molecular complexity index is 823. The fraction of sp³-hybridized carbons (Fsp3) is 0.412. The molecule has 0 bridgehead atoms. The number of amides is 1. The van der Waals surface area contributed by atoms with Crippen molar-refractivity contribution in [2.75, 3.05) is 25.1 Å². The van der Waals surface area contributed by atoms with Gasteiger partial charge in [-0.2, -0.15) is 0 Å². The lowest BCUT2D eigenvalue weighted by atomic mass is 10.2. The fourth-order valence-corrected chi connectivity index (χ4v) is 3.29. The molecule has 0 aromatic carbocycles. The van der Waals surface area contributed by atoms with Crippen LogP contribution in [0, 0.1) is 0 Å². The first-order chi connectivity index (χ1) is 13.0. The molecular weight excluding hydrogens is 394 g/mol. The van der Waals surface area contributed by atoms with Crippen LogP contribution in [-0.4, -0.2) is 47.8 Å². The van der Waals surface area contributed by atoms with Gasteiger partial charge in [-0.1, -0.05) is 11.6 Å². The van der Waals surface area contributed by atoms with Gasteiger partial charge in [-0.25, -0.2) is 9.97 Å². The van der Waals surface area contributed by atoms with Crippen molar-refractivity contribution in [2.24, 2.45) is 0 Å². The number of hydrogen-bond acceptors (Lipinski definition) is 8. The van der Waals surface area contributed by atoms with Gasteiger partial charge in [0.05, 0.1) is 37.5 Å². The predicted molar refractivity (Wildman–Crippen MR) is 99.5 cm³/mol. The van der Waals surface area contributed by atoms with Crippen LogP contribution in [-0.2, 0) is 20.7 Å². The van der Waals surface area contributed by atoms with Gasteiger partial charge in [0, 0.05) is 18.0 Å². The van der Waals surface area contributed by atoms with E-state index in [0.29, 0.717) is 30.6 Å². The molecule has 8 nitrogen and oxygen atoms in total. The van der Waals surface area contributed by atoms with Crippen molar-refractivity contribution in [1.82, 2.24) is 9.97 Å². The highest BCUT2D eigenvalue weighted by Gasteiger charge is 2.20. The van der Waals surface area contributed by atoms with Crippen molar-refractivity contribution in [3.05, 3.63) is 33.9 Å². The Morgan fingerprint density at radius 3 is 3.04 bits per heavy atom. The molecule has 1 unspecified atom stereocenters. The summed E-state index contributed by atoms with van der Waals surface area (Å²) in [6.45, 7) is 3.20. The minimum atomic E-state index is -0.405. The Hall–Kier alpha value is -2.23. The zero-order valence-corrected chi connectivity index (χ0v) is 16.1. The van der Waals surface area contributed by atoms with E-state index in [4.69, 9.17) is 25.8 Å². The molecule has 1 aliphatic rings. The summed E-state index contributed by atoms with van der Waals surface area (Å²) in [7, 11) is 0. The topological polar surface area (TPSA) is 99.6 Å². The van der Waals surface area contributed by atoms with Crippen LogP contribution in [0.1, 0.15) is 29.4 Å². The number of nitrogens with one attached hydrogen (secondary N) is 1. The van der Waals surface area contributed by atoms with E-state index in [0.717, 1.165) is 6.42 Å². The van der Waals surface area contributed by atoms with Crippen molar-refractivity contribution in [1.29, 1.82) is 0 Å². The number of ether oxygens (including phenoxy) is 3. The number of carbonyl (C=O) groups excluding carboxylic acids is 2. The number of thiazole rings is 1. The largest absolute Gasteiger partial charge is 0.471 e. The Labute approximate surface area is 164 Å².